The summed E-state index contributed by atoms with van der Waals surface area (Å²) >= 11 is 1.24. The minimum Gasteiger partial charge on any atom is -0.496 e. The topological polar surface area (TPSA) is 71.5 Å². The molecule has 20 heavy (non-hydrogen) atoms. The second-order valence-electron chi connectivity index (χ2n) is 3.64. The van der Waals surface area contributed by atoms with E-state index in [1.165, 1.54) is 18.4 Å². The van der Waals surface area contributed by atoms with Crippen LogP contribution in [-0.4, -0.2) is 29.7 Å². The zero-order valence-electron chi connectivity index (χ0n) is 10.7. The first-order valence-corrected chi connectivity index (χ1v) is 6.56. The number of para-hydroxylation sites is 1. The van der Waals surface area contributed by atoms with Gasteiger partial charge in [0.1, 0.15) is 12.4 Å². The fourth-order valence-corrected chi connectivity index (χ4v) is 2.20. The van der Waals surface area contributed by atoms with Crippen LogP contribution in [0.4, 0.5) is 5.13 Å². The first-order chi connectivity index (χ1) is 9.74. The number of benzene rings is 1. The fraction of sp³-hybridized carbons (Fsp3) is 0.143. The van der Waals surface area contributed by atoms with E-state index in [9.17, 15) is 4.79 Å². The molecule has 0 atom stereocenters. The fourth-order valence-electron chi connectivity index (χ4n) is 1.51. The number of anilines is 1. The van der Waals surface area contributed by atoms with E-state index >= 15 is 0 Å². The molecule has 0 aliphatic heterocycles. The van der Waals surface area contributed by atoms with Gasteiger partial charge in [-0.3, -0.25) is 10.1 Å². The summed E-state index contributed by atoms with van der Waals surface area (Å²) in [6, 6.07) is 6.95. The van der Waals surface area contributed by atoms with Gasteiger partial charge in [0.2, 0.25) is 0 Å². The Balaban J connectivity index is 2.13. The molecule has 0 fully saturated rings. The van der Waals surface area contributed by atoms with E-state index in [1.54, 1.807) is 30.5 Å². The SMILES string of the molecule is COc1ccccc1C(=O)Nc1ncc(C#CCO)s1. The monoisotopic (exact) mass is 288 g/mol. The van der Waals surface area contributed by atoms with Crippen molar-refractivity contribution >= 4 is 22.4 Å². The number of thiazole rings is 1. The predicted molar refractivity (Wildman–Crippen MR) is 77.0 cm³/mol. The molecule has 2 N–H and O–H groups in total. The molecule has 6 heteroatoms. The average Bonchev–Trinajstić information content (AvgIpc) is 2.92. The van der Waals surface area contributed by atoms with Crippen molar-refractivity contribution in [1.82, 2.24) is 4.98 Å². The molecular weight excluding hydrogens is 276 g/mol. The Labute approximate surface area is 120 Å². The molecule has 2 rings (SSSR count). The lowest BCUT2D eigenvalue weighted by Gasteiger charge is -2.06. The van der Waals surface area contributed by atoms with Crippen LogP contribution in [0.2, 0.25) is 0 Å². The molecule has 1 amide bonds. The number of carbonyl (C=O) groups is 1. The highest BCUT2D eigenvalue weighted by molar-refractivity contribution is 7.16. The van der Waals surface area contributed by atoms with Crippen LogP contribution in [-0.2, 0) is 0 Å². The highest BCUT2D eigenvalue weighted by Crippen LogP contribution is 2.21. The quantitative estimate of drug-likeness (QED) is 0.844. The Kier molecular flexibility index (Phi) is 4.71. The van der Waals surface area contributed by atoms with E-state index in [4.69, 9.17) is 9.84 Å². The zero-order valence-corrected chi connectivity index (χ0v) is 11.5. The number of rotatable bonds is 3. The minimum atomic E-state index is -0.293. The number of amides is 1. The summed E-state index contributed by atoms with van der Waals surface area (Å²) in [5, 5.41) is 11.7. The third-order valence-corrected chi connectivity index (χ3v) is 3.20. The molecular formula is C14H12N2O3S. The minimum absolute atomic E-state index is 0.208. The Hall–Kier alpha value is -2.36. The van der Waals surface area contributed by atoms with Gasteiger partial charge in [-0.25, -0.2) is 4.98 Å². The number of ether oxygens (including phenoxy) is 1. The van der Waals surface area contributed by atoms with Crippen molar-refractivity contribution in [2.45, 2.75) is 0 Å². The molecule has 0 saturated carbocycles. The van der Waals surface area contributed by atoms with Crippen molar-refractivity contribution in [3.63, 3.8) is 0 Å². The van der Waals surface area contributed by atoms with E-state index in [1.807, 2.05) is 0 Å². The molecule has 1 aromatic heterocycles. The smallest absolute Gasteiger partial charge is 0.261 e. The van der Waals surface area contributed by atoms with Crippen LogP contribution in [0.3, 0.4) is 0 Å². The molecule has 0 unspecified atom stereocenters. The molecule has 2 aromatic rings. The number of hydrogen-bond acceptors (Lipinski definition) is 5. The summed E-state index contributed by atoms with van der Waals surface area (Å²) in [7, 11) is 1.51. The largest absolute Gasteiger partial charge is 0.496 e. The first kappa shape index (κ1) is 14.1. The summed E-state index contributed by atoms with van der Waals surface area (Å²) < 4.78 is 5.13. The van der Waals surface area contributed by atoms with E-state index in [0.29, 0.717) is 21.3 Å². The highest BCUT2D eigenvalue weighted by atomic mass is 32.1. The molecule has 0 bridgehead atoms. The standard InChI is InChI=1S/C14H12N2O3S/c1-19-12-7-3-2-6-11(12)13(18)16-14-15-9-10(20-14)5-4-8-17/h2-3,6-7,9,17H,8H2,1H3,(H,15,16,18). The molecule has 1 aromatic carbocycles. The first-order valence-electron chi connectivity index (χ1n) is 5.74. The van der Waals surface area contributed by atoms with Crippen LogP contribution in [0.15, 0.2) is 30.5 Å². The van der Waals surface area contributed by atoms with Gasteiger partial charge >= 0.3 is 0 Å². The number of carbonyl (C=O) groups excluding carboxylic acids is 1. The number of methoxy groups -OCH3 is 1. The lowest BCUT2D eigenvalue weighted by Crippen LogP contribution is -2.12. The van der Waals surface area contributed by atoms with Gasteiger partial charge in [-0.1, -0.05) is 35.3 Å². The predicted octanol–water partition coefficient (Wildman–Crippen LogP) is 1.75. The molecule has 0 spiro atoms. The molecule has 0 saturated heterocycles. The second-order valence-corrected chi connectivity index (χ2v) is 4.67. The lowest BCUT2D eigenvalue weighted by molar-refractivity contribution is 0.102. The third-order valence-electron chi connectivity index (χ3n) is 2.37. The molecule has 5 nitrogen and oxygen atoms in total. The summed E-state index contributed by atoms with van der Waals surface area (Å²) in [6.07, 6.45) is 1.55. The van der Waals surface area contributed by atoms with Gasteiger partial charge in [0, 0.05) is 0 Å². The van der Waals surface area contributed by atoms with E-state index in [2.05, 4.69) is 22.1 Å². The number of aliphatic hydroxyl groups excluding tert-OH is 1. The second kappa shape index (κ2) is 6.70. The number of nitrogens with one attached hydrogen (secondary N) is 1. The van der Waals surface area contributed by atoms with Gasteiger partial charge in [0.15, 0.2) is 5.13 Å². The van der Waals surface area contributed by atoms with Gasteiger partial charge in [-0.15, -0.1) is 0 Å². The maximum atomic E-state index is 12.1. The van der Waals surface area contributed by atoms with Crippen molar-refractivity contribution in [2.24, 2.45) is 0 Å². The van der Waals surface area contributed by atoms with E-state index < -0.39 is 0 Å². The van der Waals surface area contributed by atoms with Crippen LogP contribution in [0, 0.1) is 11.8 Å². The van der Waals surface area contributed by atoms with Gasteiger partial charge in [-0.05, 0) is 12.1 Å². The van der Waals surface area contributed by atoms with Gasteiger partial charge in [-0.2, -0.15) is 0 Å². The third kappa shape index (κ3) is 3.35. The Morgan fingerprint density at radius 3 is 3.05 bits per heavy atom. The van der Waals surface area contributed by atoms with Crippen LogP contribution < -0.4 is 10.1 Å². The summed E-state index contributed by atoms with van der Waals surface area (Å²) in [5.74, 6) is 5.46. The Bertz CT molecular complexity index is 670. The number of aromatic nitrogens is 1. The Morgan fingerprint density at radius 1 is 1.50 bits per heavy atom. The molecule has 0 radical (unpaired) electrons. The lowest BCUT2D eigenvalue weighted by atomic mass is 10.2. The highest BCUT2D eigenvalue weighted by Gasteiger charge is 2.13. The Morgan fingerprint density at radius 2 is 2.30 bits per heavy atom. The zero-order chi connectivity index (χ0) is 14.4. The maximum absolute atomic E-state index is 12.1. The average molecular weight is 288 g/mol. The van der Waals surface area contributed by atoms with Crippen molar-refractivity contribution in [3.8, 4) is 17.6 Å². The number of aliphatic hydroxyl groups is 1. The van der Waals surface area contributed by atoms with E-state index in [0.717, 1.165) is 0 Å². The number of hydrogen-bond donors (Lipinski definition) is 2. The van der Waals surface area contributed by atoms with Crippen molar-refractivity contribution < 1.29 is 14.6 Å². The van der Waals surface area contributed by atoms with Crippen molar-refractivity contribution in [3.05, 3.63) is 40.9 Å². The normalized spacial score (nSPS) is 9.50. The molecule has 0 aliphatic carbocycles. The molecule has 1 heterocycles. The van der Waals surface area contributed by atoms with Crippen molar-refractivity contribution in [1.29, 1.82) is 0 Å². The summed E-state index contributed by atoms with van der Waals surface area (Å²) in [4.78, 5) is 16.8. The van der Waals surface area contributed by atoms with Crippen LogP contribution in [0.5, 0.6) is 5.75 Å². The number of nitrogens with zero attached hydrogens (tertiary/aromatic N) is 1. The molecule has 102 valence electrons. The van der Waals surface area contributed by atoms with Crippen LogP contribution >= 0.6 is 11.3 Å². The summed E-state index contributed by atoms with van der Waals surface area (Å²) in [6.45, 7) is -0.208. The maximum Gasteiger partial charge on any atom is 0.261 e. The summed E-state index contributed by atoms with van der Waals surface area (Å²) in [5.41, 5.74) is 0.438. The van der Waals surface area contributed by atoms with E-state index in [-0.39, 0.29) is 12.5 Å². The van der Waals surface area contributed by atoms with Gasteiger partial charge in [0.25, 0.3) is 5.91 Å². The van der Waals surface area contributed by atoms with Gasteiger partial charge in [0.05, 0.1) is 23.7 Å². The van der Waals surface area contributed by atoms with Crippen LogP contribution in [0.1, 0.15) is 15.2 Å². The van der Waals surface area contributed by atoms with Gasteiger partial charge < -0.3 is 9.84 Å². The van der Waals surface area contributed by atoms with Crippen molar-refractivity contribution in [2.75, 3.05) is 19.0 Å². The van der Waals surface area contributed by atoms with Crippen LogP contribution in [0.25, 0.3) is 0 Å². The molecule has 0 aliphatic rings.